The molecule has 0 fully saturated rings. The number of pyridine rings is 1. The van der Waals surface area contributed by atoms with Gasteiger partial charge in [0.05, 0.1) is 23.9 Å². The van der Waals surface area contributed by atoms with Gasteiger partial charge in [0.2, 0.25) is 0 Å². The van der Waals surface area contributed by atoms with Crippen LogP contribution in [0.4, 0.5) is 13.2 Å². The van der Waals surface area contributed by atoms with E-state index in [0.29, 0.717) is 6.20 Å². The van der Waals surface area contributed by atoms with Crippen molar-refractivity contribution in [1.29, 1.82) is 0 Å². The second kappa shape index (κ2) is 4.77. The second-order valence-electron chi connectivity index (χ2n) is 2.60. The summed E-state index contributed by atoms with van der Waals surface area (Å²) >= 11 is 0. The molecular formula is C9H8F3NO2. The van der Waals surface area contributed by atoms with Crippen molar-refractivity contribution in [2.45, 2.75) is 13.3 Å². The van der Waals surface area contributed by atoms with Crippen molar-refractivity contribution in [3.8, 4) is 0 Å². The average Bonchev–Trinajstić information content (AvgIpc) is 2.17. The van der Waals surface area contributed by atoms with Gasteiger partial charge in [-0.05, 0) is 6.92 Å². The highest BCUT2D eigenvalue weighted by Crippen LogP contribution is 2.25. The molecule has 0 atom stereocenters. The maximum absolute atomic E-state index is 13.0. The van der Waals surface area contributed by atoms with Crippen LogP contribution in [0.1, 0.15) is 29.3 Å². The van der Waals surface area contributed by atoms with E-state index in [9.17, 15) is 18.0 Å². The Morgan fingerprint density at radius 1 is 1.53 bits per heavy atom. The molecule has 82 valence electrons. The lowest BCUT2D eigenvalue weighted by Crippen LogP contribution is -2.10. The van der Waals surface area contributed by atoms with Gasteiger partial charge in [0.1, 0.15) is 0 Å². The van der Waals surface area contributed by atoms with Crippen LogP contribution in [0.15, 0.2) is 12.4 Å². The Morgan fingerprint density at radius 2 is 2.20 bits per heavy atom. The molecule has 15 heavy (non-hydrogen) atoms. The number of nitrogens with zero attached hydrogens (tertiary/aromatic N) is 1. The molecule has 0 amide bonds. The number of halogens is 3. The van der Waals surface area contributed by atoms with Crippen molar-refractivity contribution in [2.24, 2.45) is 0 Å². The minimum atomic E-state index is -3.08. The van der Waals surface area contributed by atoms with Crippen molar-refractivity contribution in [3.05, 3.63) is 29.3 Å². The number of hydrogen-bond donors (Lipinski definition) is 0. The molecule has 1 aromatic heterocycles. The lowest BCUT2D eigenvalue weighted by atomic mass is 10.1. The Labute approximate surface area is 83.9 Å². The normalized spacial score (nSPS) is 10.5. The van der Waals surface area contributed by atoms with Crippen LogP contribution >= 0.6 is 0 Å². The first-order valence-electron chi connectivity index (χ1n) is 4.16. The van der Waals surface area contributed by atoms with Gasteiger partial charge in [-0.3, -0.25) is 4.98 Å². The van der Waals surface area contributed by atoms with Crippen molar-refractivity contribution in [1.82, 2.24) is 4.98 Å². The van der Waals surface area contributed by atoms with E-state index in [4.69, 9.17) is 0 Å². The van der Waals surface area contributed by atoms with E-state index in [-0.39, 0.29) is 6.61 Å². The predicted molar refractivity (Wildman–Crippen MR) is 45.1 cm³/mol. The van der Waals surface area contributed by atoms with Crippen molar-refractivity contribution in [3.63, 3.8) is 0 Å². The van der Waals surface area contributed by atoms with E-state index in [1.165, 1.54) is 6.92 Å². The lowest BCUT2D eigenvalue weighted by Gasteiger charge is -2.07. The number of carbonyl (C=O) groups is 1. The maximum atomic E-state index is 13.0. The Bertz CT molecular complexity index is 368. The van der Waals surface area contributed by atoms with Crippen molar-refractivity contribution >= 4 is 5.97 Å². The maximum Gasteiger partial charge on any atom is 0.340 e. The van der Waals surface area contributed by atoms with Crippen molar-refractivity contribution < 1.29 is 22.7 Å². The zero-order valence-electron chi connectivity index (χ0n) is 7.84. The van der Waals surface area contributed by atoms with Gasteiger partial charge in [-0.2, -0.15) is 0 Å². The molecule has 6 heteroatoms. The van der Waals surface area contributed by atoms with Crippen LogP contribution < -0.4 is 0 Å². The minimum Gasteiger partial charge on any atom is -0.462 e. The fourth-order valence-corrected chi connectivity index (χ4v) is 1.04. The summed E-state index contributed by atoms with van der Waals surface area (Å²) in [4.78, 5) is 14.5. The average molecular weight is 219 g/mol. The molecule has 1 aromatic rings. The molecule has 0 unspecified atom stereocenters. The Kier molecular flexibility index (Phi) is 3.65. The van der Waals surface area contributed by atoms with Gasteiger partial charge >= 0.3 is 5.97 Å². The molecule has 0 aliphatic heterocycles. The molecule has 1 heterocycles. The number of alkyl halides is 2. The molecule has 0 saturated carbocycles. The Hall–Kier alpha value is -1.59. The predicted octanol–water partition coefficient (Wildman–Crippen LogP) is 2.33. The summed E-state index contributed by atoms with van der Waals surface area (Å²) in [5.74, 6) is -2.21. The molecule has 1 rings (SSSR count). The number of aromatic nitrogens is 1. The lowest BCUT2D eigenvalue weighted by molar-refractivity contribution is 0.0512. The Morgan fingerprint density at radius 3 is 2.73 bits per heavy atom. The fourth-order valence-electron chi connectivity index (χ4n) is 1.04. The van der Waals surface area contributed by atoms with Crippen LogP contribution in [-0.4, -0.2) is 17.6 Å². The van der Waals surface area contributed by atoms with Gasteiger partial charge in [-0.1, -0.05) is 0 Å². The van der Waals surface area contributed by atoms with E-state index >= 15 is 0 Å². The van der Waals surface area contributed by atoms with E-state index in [0.717, 1.165) is 6.20 Å². The first kappa shape index (κ1) is 11.5. The second-order valence-corrected chi connectivity index (χ2v) is 2.60. The van der Waals surface area contributed by atoms with E-state index < -0.39 is 29.3 Å². The molecule has 0 aromatic carbocycles. The van der Waals surface area contributed by atoms with Crippen LogP contribution in [0.5, 0.6) is 0 Å². The summed E-state index contributed by atoms with van der Waals surface area (Å²) in [6.45, 7) is 1.55. The number of ether oxygens (including phenoxy) is 1. The summed E-state index contributed by atoms with van der Waals surface area (Å²) in [7, 11) is 0. The molecule has 0 aliphatic carbocycles. The largest absolute Gasteiger partial charge is 0.462 e. The smallest absolute Gasteiger partial charge is 0.340 e. The van der Waals surface area contributed by atoms with E-state index in [1.54, 1.807) is 0 Å². The highest BCUT2D eigenvalue weighted by atomic mass is 19.3. The van der Waals surface area contributed by atoms with Crippen molar-refractivity contribution in [2.75, 3.05) is 6.61 Å². The third-order valence-corrected chi connectivity index (χ3v) is 1.65. The highest BCUT2D eigenvalue weighted by molar-refractivity contribution is 5.90. The number of hydrogen-bond acceptors (Lipinski definition) is 3. The third kappa shape index (κ3) is 2.45. The first-order valence-corrected chi connectivity index (χ1v) is 4.16. The number of carbonyl (C=O) groups excluding carboxylic acids is 1. The molecule has 0 aliphatic rings. The molecule has 3 nitrogen and oxygen atoms in total. The highest BCUT2D eigenvalue weighted by Gasteiger charge is 2.23. The van der Waals surface area contributed by atoms with Gasteiger partial charge in [0, 0.05) is 6.20 Å². The van der Waals surface area contributed by atoms with E-state index in [1.807, 2.05) is 0 Å². The monoisotopic (exact) mass is 219 g/mol. The zero-order chi connectivity index (χ0) is 11.4. The summed E-state index contributed by atoms with van der Waals surface area (Å²) in [5.41, 5.74) is -1.50. The number of rotatable bonds is 3. The van der Waals surface area contributed by atoms with Gasteiger partial charge in [-0.15, -0.1) is 0 Å². The van der Waals surface area contributed by atoms with Crippen LogP contribution in [0.25, 0.3) is 0 Å². The van der Waals surface area contributed by atoms with Crippen LogP contribution in [-0.2, 0) is 4.74 Å². The van der Waals surface area contributed by atoms with Gasteiger partial charge in [0.25, 0.3) is 6.43 Å². The fraction of sp³-hybridized carbons (Fsp3) is 0.333. The van der Waals surface area contributed by atoms with Gasteiger partial charge in [-0.25, -0.2) is 18.0 Å². The first-order chi connectivity index (χ1) is 7.07. The molecule has 0 bridgehead atoms. The molecule has 0 saturated heterocycles. The molecular weight excluding hydrogens is 211 g/mol. The van der Waals surface area contributed by atoms with Gasteiger partial charge < -0.3 is 4.74 Å². The number of esters is 1. The Balaban J connectivity index is 3.17. The summed E-state index contributed by atoms with van der Waals surface area (Å²) < 4.78 is 42.3. The summed E-state index contributed by atoms with van der Waals surface area (Å²) in [5, 5.41) is 0. The SMILES string of the molecule is CCOC(=O)c1cncc(F)c1C(F)F. The summed E-state index contributed by atoms with van der Waals surface area (Å²) in [6.07, 6.45) is -1.58. The topological polar surface area (TPSA) is 39.2 Å². The standard InChI is InChI=1S/C9H8F3NO2/c1-2-15-9(14)5-3-13-4-6(10)7(5)8(11)12/h3-4,8H,2H2,1H3. The summed E-state index contributed by atoms with van der Waals surface area (Å²) in [6, 6.07) is 0. The minimum absolute atomic E-state index is 0.0258. The van der Waals surface area contributed by atoms with Gasteiger partial charge in [0.15, 0.2) is 5.82 Å². The zero-order valence-corrected chi connectivity index (χ0v) is 7.84. The van der Waals surface area contributed by atoms with Crippen LogP contribution in [0.2, 0.25) is 0 Å². The molecule has 0 spiro atoms. The third-order valence-electron chi connectivity index (χ3n) is 1.65. The quantitative estimate of drug-likeness (QED) is 0.732. The molecule has 0 N–H and O–H groups in total. The van der Waals surface area contributed by atoms with Crippen LogP contribution in [0.3, 0.4) is 0 Å². The van der Waals surface area contributed by atoms with E-state index in [2.05, 4.69) is 9.72 Å². The van der Waals surface area contributed by atoms with Crippen LogP contribution in [0, 0.1) is 5.82 Å². The molecule has 0 radical (unpaired) electrons.